The molecule has 0 aliphatic rings. The van der Waals surface area contributed by atoms with Gasteiger partial charge in [-0.2, -0.15) is 19.6 Å². The Hall–Kier alpha value is 1.04. The molecule has 0 heterocycles. The van der Waals surface area contributed by atoms with Crippen LogP contribution in [0.1, 0.15) is 89.9 Å². The Labute approximate surface area is 155 Å². The zero-order valence-corrected chi connectivity index (χ0v) is 16.3. The van der Waals surface area contributed by atoms with Crippen LogP contribution in [0.4, 0.5) is 13.2 Å². The van der Waals surface area contributed by atoms with E-state index in [0.29, 0.717) is 6.42 Å². The first-order chi connectivity index (χ1) is 9.06. The minimum atomic E-state index is -3.96. The van der Waals surface area contributed by atoms with Crippen LogP contribution in [0, 0.1) is 6.92 Å². The van der Waals surface area contributed by atoms with E-state index < -0.39 is 12.6 Å². The summed E-state index contributed by atoms with van der Waals surface area (Å²) in [4.78, 5) is 0. The maximum atomic E-state index is 11.9. The topological polar surface area (TPSA) is 0 Å². The average molecular weight is 384 g/mol. The first kappa shape index (κ1) is 26.9. The van der Waals surface area contributed by atoms with Crippen LogP contribution in [0.15, 0.2) is 0 Å². The summed E-state index contributed by atoms with van der Waals surface area (Å²) in [5, 5.41) is 0. The van der Waals surface area contributed by atoms with Crippen LogP contribution in [-0.4, -0.2) is 29.2 Å². The normalized spacial score (nSPS) is 10.9. The molecule has 0 spiro atoms. The molecule has 5 heteroatoms. The van der Waals surface area contributed by atoms with E-state index in [2.05, 4.69) is 6.92 Å². The van der Waals surface area contributed by atoms with Gasteiger partial charge >= 0.3 is 29.2 Å². The van der Waals surface area contributed by atoms with Gasteiger partial charge in [0.25, 0.3) is 0 Å². The Morgan fingerprint density at radius 1 is 0.571 bits per heavy atom. The summed E-state index contributed by atoms with van der Waals surface area (Å²) in [6.45, 7) is 3.83. The van der Waals surface area contributed by atoms with Crippen molar-refractivity contribution < 1.29 is 30.2 Å². The van der Waals surface area contributed by atoms with E-state index >= 15 is 0 Å². The van der Waals surface area contributed by atoms with Gasteiger partial charge in [-0.05, 0) is 6.42 Å². The van der Waals surface area contributed by atoms with E-state index in [1.165, 1.54) is 51.4 Å². The largest absolute Gasteiger partial charge is 2.00 e. The Balaban J connectivity index is -0.00000162. The van der Waals surface area contributed by atoms with Crippen LogP contribution >= 0.6 is 0 Å². The third-order valence-corrected chi connectivity index (χ3v) is 3.46. The second-order valence-electron chi connectivity index (χ2n) is 5.46. The van der Waals surface area contributed by atoms with Gasteiger partial charge in [-0.15, -0.1) is 0 Å². The summed E-state index contributed by atoms with van der Waals surface area (Å²) in [7, 11) is 0. The van der Waals surface area contributed by atoms with Crippen molar-refractivity contribution in [1.82, 2.24) is 0 Å². The number of unbranched alkanes of at least 4 members (excludes halogenated alkanes) is 12. The number of halogens is 4. The Bertz CT molecular complexity index is 187. The van der Waals surface area contributed by atoms with E-state index in [4.69, 9.17) is 0 Å². The van der Waals surface area contributed by atoms with Crippen LogP contribution in [0.2, 0.25) is 0 Å². The number of alkyl halides is 3. The Morgan fingerprint density at radius 2 is 0.857 bits per heavy atom. The van der Waals surface area contributed by atoms with Crippen molar-refractivity contribution in [2.45, 2.75) is 96.1 Å². The standard InChI is InChI=1S/C16H30F3.BrH.Mg/c1-2-3-4-5-6-7-8-9-10-11-12-13-14-15-16(17,18)19;;/h1-15H2;1H;/q-1;;+2/p-1. The van der Waals surface area contributed by atoms with Crippen LogP contribution in [0.3, 0.4) is 0 Å². The molecule has 0 saturated carbocycles. The molecule has 0 bridgehead atoms. The quantitative estimate of drug-likeness (QED) is 0.260. The molecule has 21 heavy (non-hydrogen) atoms. The van der Waals surface area contributed by atoms with Crippen molar-refractivity contribution >= 4 is 23.1 Å². The SMILES string of the molecule is [Br-].[CH2-]CCCCCCCCCCCCCCC(F)(F)F.[Mg+2]. The Kier molecular flexibility index (Phi) is 24.5. The summed E-state index contributed by atoms with van der Waals surface area (Å²) in [5.41, 5.74) is 0. The van der Waals surface area contributed by atoms with Crippen LogP contribution in [0.25, 0.3) is 0 Å². The fourth-order valence-electron chi connectivity index (χ4n) is 2.27. The second-order valence-corrected chi connectivity index (χ2v) is 5.46. The monoisotopic (exact) mass is 382 g/mol. The maximum absolute atomic E-state index is 11.9. The molecule has 0 atom stereocenters. The maximum Gasteiger partial charge on any atom is 2.00 e. The van der Waals surface area contributed by atoms with Gasteiger partial charge in [0, 0.05) is 6.42 Å². The van der Waals surface area contributed by atoms with Crippen LogP contribution in [0.5, 0.6) is 0 Å². The molecule has 0 unspecified atom stereocenters. The summed E-state index contributed by atoms with van der Waals surface area (Å²) in [6.07, 6.45) is 9.79. The molecule has 0 rings (SSSR count). The fourth-order valence-corrected chi connectivity index (χ4v) is 2.27. The predicted octanol–water partition coefficient (Wildman–Crippen LogP) is 3.47. The summed E-state index contributed by atoms with van der Waals surface area (Å²) in [6, 6.07) is 0. The molecule has 0 aromatic carbocycles. The molecular formula is C16H30BrF3Mg. The van der Waals surface area contributed by atoms with Gasteiger partial charge in [-0.1, -0.05) is 70.6 Å². The molecule has 0 radical (unpaired) electrons. The first-order valence-corrected chi connectivity index (χ1v) is 7.92. The van der Waals surface area contributed by atoms with Gasteiger partial charge in [-0.25, -0.2) is 0 Å². The molecule has 0 aliphatic heterocycles. The van der Waals surface area contributed by atoms with Gasteiger partial charge in [0.2, 0.25) is 0 Å². The van der Waals surface area contributed by atoms with Crippen molar-refractivity contribution in [2.24, 2.45) is 0 Å². The van der Waals surface area contributed by atoms with E-state index in [1.807, 2.05) is 0 Å². The molecular weight excluding hydrogens is 353 g/mol. The second kappa shape index (κ2) is 19.1. The van der Waals surface area contributed by atoms with Crippen molar-refractivity contribution in [3.63, 3.8) is 0 Å². The van der Waals surface area contributed by atoms with Crippen LogP contribution < -0.4 is 17.0 Å². The third kappa shape index (κ3) is 26.3. The minimum Gasteiger partial charge on any atom is -1.00 e. The van der Waals surface area contributed by atoms with Crippen molar-refractivity contribution in [3.05, 3.63) is 6.92 Å². The zero-order chi connectivity index (χ0) is 14.4. The molecule has 0 aliphatic carbocycles. The first-order valence-electron chi connectivity index (χ1n) is 7.92. The molecule has 0 nitrogen and oxygen atoms in total. The molecule has 0 aromatic heterocycles. The van der Waals surface area contributed by atoms with Gasteiger partial charge in [0.05, 0.1) is 0 Å². The van der Waals surface area contributed by atoms with E-state index in [0.717, 1.165) is 25.7 Å². The van der Waals surface area contributed by atoms with Gasteiger partial charge in [-0.3, -0.25) is 0 Å². The molecule has 0 amide bonds. The van der Waals surface area contributed by atoms with Gasteiger partial charge in [0.1, 0.15) is 0 Å². The molecule has 0 saturated heterocycles. The summed E-state index contributed by atoms with van der Waals surface area (Å²) >= 11 is 0. The van der Waals surface area contributed by atoms with Crippen molar-refractivity contribution in [3.8, 4) is 0 Å². The molecule has 0 aromatic rings. The Morgan fingerprint density at radius 3 is 1.14 bits per heavy atom. The van der Waals surface area contributed by atoms with Gasteiger partial charge in [0.15, 0.2) is 0 Å². The minimum absolute atomic E-state index is 0. The smallest absolute Gasteiger partial charge is 1.00 e. The number of rotatable bonds is 13. The van der Waals surface area contributed by atoms with Crippen molar-refractivity contribution in [2.75, 3.05) is 0 Å². The number of hydrogen-bond acceptors (Lipinski definition) is 0. The number of hydrogen-bond donors (Lipinski definition) is 0. The van der Waals surface area contributed by atoms with Crippen LogP contribution in [-0.2, 0) is 0 Å². The molecule has 0 fully saturated rings. The predicted molar refractivity (Wildman–Crippen MR) is 81.8 cm³/mol. The third-order valence-electron chi connectivity index (χ3n) is 3.46. The average Bonchev–Trinajstić information content (AvgIpc) is 2.34. The summed E-state index contributed by atoms with van der Waals surface area (Å²) < 4.78 is 35.6. The summed E-state index contributed by atoms with van der Waals surface area (Å²) in [5.74, 6) is 0. The van der Waals surface area contributed by atoms with Gasteiger partial charge < -0.3 is 23.9 Å². The fraction of sp³-hybridized carbons (Fsp3) is 0.938. The van der Waals surface area contributed by atoms with E-state index in [9.17, 15) is 13.2 Å². The van der Waals surface area contributed by atoms with E-state index in [1.54, 1.807) is 0 Å². The zero-order valence-electron chi connectivity index (χ0n) is 13.3. The van der Waals surface area contributed by atoms with E-state index in [-0.39, 0.29) is 40.0 Å². The molecule has 0 N–H and O–H groups in total. The van der Waals surface area contributed by atoms with Crippen molar-refractivity contribution in [1.29, 1.82) is 0 Å². The molecule has 124 valence electrons.